The standard InChI is InChI=1S/C15H26N2O/c16-7-3-1-2-4-8-17-15(18)14-12-10-5-6-11(9-10)13(12)14/h10-14H,1-9,16H2,(H,17,18). The highest BCUT2D eigenvalue weighted by Gasteiger charge is 2.67. The molecule has 3 rings (SSSR count). The second-order valence-corrected chi connectivity index (χ2v) is 6.51. The fourth-order valence-corrected chi connectivity index (χ4v) is 4.63. The molecule has 0 radical (unpaired) electrons. The van der Waals surface area contributed by atoms with Gasteiger partial charge in [0.1, 0.15) is 0 Å². The first-order valence-electron chi connectivity index (χ1n) is 7.80. The minimum atomic E-state index is 0.362. The summed E-state index contributed by atoms with van der Waals surface area (Å²) >= 11 is 0. The number of amides is 1. The number of nitrogens with one attached hydrogen (secondary N) is 1. The minimum absolute atomic E-state index is 0.362. The lowest BCUT2D eigenvalue weighted by Gasteiger charge is -2.09. The maximum absolute atomic E-state index is 12.1. The van der Waals surface area contributed by atoms with Crippen LogP contribution < -0.4 is 11.1 Å². The molecule has 3 fully saturated rings. The van der Waals surface area contributed by atoms with E-state index in [2.05, 4.69) is 5.32 Å². The summed E-state index contributed by atoms with van der Waals surface area (Å²) < 4.78 is 0. The minimum Gasteiger partial charge on any atom is -0.356 e. The van der Waals surface area contributed by atoms with E-state index in [1.54, 1.807) is 0 Å². The number of unbranched alkanes of at least 4 members (excludes halogenated alkanes) is 3. The molecule has 3 nitrogen and oxygen atoms in total. The average Bonchev–Trinajstić information content (AvgIpc) is 2.82. The smallest absolute Gasteiger partial charge is 0.223 e. The first-order valence-corrected chi connectivity index (χ1v) is 7.80. The number of carbonyl (C=O) groups is 1. The van der Waals surface area contributed by atoms with Crippen LogP contribution >= 0.6 is 0 Å². The Morgan fingerprint density at radius 1 is 1.06 bits per heavy atom. The Kier molecular flexibility index (Phi) is 3.60. The Morgan fingerprint density at radius 3 is 2.39 bits per heavy atom. The summed E-state index contributed by atoms with van der Waals surface area (Å²) in [6.07, 6.45) is 8.85. The van der Waals surface area contributed by atoms with Gasteiger partial charge in [-0.1, -0.05) is 12.8 Å². The summed E-state index contributed by atoms with van der Waals surface area (Å²) in [6, 6.07) is 0. The maximum Gasteiger partial charge on any atom is 0.223 e. The molecule has 3 aliphatic carbocycles. The summed E-state index contributed by atoms with van der Waals surface area (Å²) in [7, 11) is 0. The molecule has 0 aromatic carbocycles. The van der Waals surface area contributed by atoms with Crippen LogP contribution in [0.1, 0.15) is 44.9 Å². The van der Waals surface area contributed by atoms with Gasteiger partial charge in [-0.15, -0.1) is 0 Å². The average molecular weight is 250 g/mol. The Labute approximate surface area is 110 Å². The van der Waals surface area contributed by atoms with Crippen LogP contribution in [0.2, 0.25) is 0 Å². The predicted octanol–water partition coefficient (Wildman–Crippen LogP) is 1.91. The van der Waals surface area contributed by atoms with Crippen molar-refractivity contribution in [3.05, 3.63) is 0 Å². The molecule has 3 saturated carbocycles. The Hall–Kier alpha value is -0.570. The molecule has 0 aliphatic heterocycles. The van der Waals surface area contributed by atoms with E-state index < -0.39 is 0 Å². The molecule has 0 aromatic heterocycles. The van der Waals surface area contributed by atoms with Crippen molar-refractivity contribution in [3.8, 4) is 0 Å². The fourth-order valence-electron chi connectivity index (χ4n) is 4.63. The molecule has 102 valence electrons. The molecule has 0 heterocycles. The molecule has 2 bridgehead atoms. The zero-order valence-corrected chi connectivity index (χ0v) is 11.2. The van der Waals surface area contributed by atoms with Crippen LogP contribution in [-0.2, 0) is 4.79 Å². The highest BCUT2D eigenvalue weighted by atomic mass is 16.2. The lowest BCUT2D eigenvalue weighted by Crippen LogP contribution is -2.28. The SMILES string of the molecule is NCCCCCCNC(=O)C1C2C3CCC(C3)C12. The highest BCUT2D eigenvalue weighted by molar-refractivity contribution is 5.82. The summed E-state index contributed by atoms with van der Waals surface area (Å²) in [6.45, 7) is 1.66. The molecule has 0 spiro atoms. The second kappa shape index (κ2) is 5.20. The van der Waals surface area contributed by atoms with Gasteiger partial charge in [0.15, 0.2) is 0 Å². The number of hydrogen-bond acceptors (Lipinski definition) is 2. The van der Waals surface area contributed by atoms with Crippen molar-refractivity contribution in [2.75, 3.05) is 13.1 Å². The van der Waals surface area contributed by atoms with E-state index in [-0.39, 0.29) is 0 Å². The van der Waals surface area contributed by atoms with Gasteiger partial charge in [-0.3, -0.25) is 4.79 Å². The predicted molar refractivity (Wildman–Crippen MR) is 71.8 cm³/mol. The molecule has 0 saturated heterocycles. The lowest BCUT2D eigenvalue weighted by atomic mass is 10.0. The van der Waals surface area contributed by atoms with Gasteiger partial charge in [-0.05, 0) is 62.3 Å². The van der Waals surface area contributed by atoms with E-state index >= 15 is 0 Å². The molecule has 0 aromatic rings. The van der Waals surface area contributed by atoms with Crippen molar-refractivity contribution < 1.29 is 4.79 Å². The van der Waals surface area contributed by atoms with Gasteiger partial charge in [0.25, 0.3) is 0 Å². The first-order chi connectivity index (χ1) is 8.83. The van der Waals surface area contributed by atoms with Crippen LogP contribution in [0, 0.1) is 29.6 Å². The summed E-state index contributed by atoms with van der Waals surface area (Å²) in [5.74, 6) is 4.13. The van der Waals surface area contributed by atoms with Crippen LogP contribution in [0.3, 0.4) is 0 Å². The van der Waals surface area contributed by atoms with Crippen molar-refractivity contribution in [1.29, 1.82) is 0 Å². The van der Waals surface area contributed by atoms with Crippen LogP contribution in [0.15, 0.2) is 0 Å². The van der Waals surface area contributed by atoms with E-state index in [1.165, 1.54) is 32.1 Å². The zero-order valence-electron chi connectivity index (χ0n) is 11.2. The van der Waals surface area contributed by atoms with Gasteiger partial charge >= 0.3 is 0 Å². The molecule has 3 N–H and O–H groups in total. The highest BCUT2D eigenvalue weighted by Crippen LogP contribution is 2.69. The molecule has 3 aliphatic rings. The number of fused-ring (bicyclic) bond motifs is 5. The Bertz CT molecular complexity index is 302. The fraction of sp³-hybridized carbons (Fsp3) is 0.933. The number of rotatable bonds is 7. The summed E-state index contributed by atoms with van der Waals surface area (Å²) in [5, 5.41) is 3.15. The summed E-state index contributed by atoms with van der Waals surface area (Å²) in [4.78, 5) is 12.1. The van der Waals surface area contributed by atoms with Crippen molar-refractivity contribution >= 4 is 5.91 Å². The quantitative estimate of drug-likeness (QED) is 0.678. The largest absolute Gasteiger partial charge is 0.356 e. The van der Waals surface area contributed by atoms with E-state index in [4.69, 9.17) is 5.73 Å². The normalized spacial score (nSPS) is 39.7. The van der Waals surface area contributed by atoms with Crippen LogP contribution in [0.5, 0.6) is 0 Å². The maximum atomic E-state index is 12.1. The first kappa shape index (κ1) is 12.5. The third-order valence-electron chi connectivity index (χ3n) is 5.47. The molecular formula is C15H26N2O. The monoisotopic (exact) mass is 250 g/mol. The number of nitrogens with two attached hydrogens (primary N) is 1. The molecule has 4 unspecified atom stereocenters. The van der Waals surface area contributed by atoms with Crippen LogP contribution in [0.4, 0.5) is 0 Å². The lowest BCUT2D eigenvalue weighted by molar-refractivity contribution is -0.123. The van der Waals surface area contributed by atoms with E-state index in [1.807, 2.05) is 0 Å². The van der Waals surface area contributed by atoms with Crippen molar-refractivity contribution in [3.63, 3.8) is 0 Å². The van der Waals surface area contributed by atoms with Crippen molar-refractivity contribution in [1.82, 2.24) is 5.32 Å². The Balaban J connectivity index is 1.32. The zero-order chi connectivity index (χ0) is 12.5. The van der Waals surface area contributed by atoms with Crippen molar-refractivity contribution in [2.45, 2.75) is 44.9 Å². The van der Waals surface area contributed by atoms with Crippen molar-refractivity contribution in [2.24, 2.45) is 35.3 Å². The van der Waals surface area contributed by atoms with Crippen LogP contribution in [-0.4, -0.2) is 19.0 Å². The molecule has 1 amide bonds. The van der Waals surface area contributed by atoms with E-state index in [0.717, 1.165) is 49.6 Å². The topological polar surface area (TPSA) is 55.1 Å². The molecule has 4 atom stereocenters. The third kappa shape index (κ3) is 2.18. The van der Waals surface area contributed by atoms with Gasteiger partial charge in [0, 0.05) is 12.5 Å². The van der Waals surface area contributed by atoms with Gasteiger partial charge in [-0.2, -0.15) is 0 Å². The third-order valence-corrected chi connectivity index (χ3v) is 5.47. The number of hydrogen-bond donors (Lipinski definition) is 2. The molecule has 18 heavy (non-hydrogen) atoms. The van der Waals surface area contributed by atoms with Gasteiger partial charge < -0.3 is 11.1 Å². The number of carbonyl (C=O) groups excluding carboxylic acids is 1. The Morgan fingerprint density at radius 2 is 1.72 bits per heavy atom. The van der Waals surface area contributed by atoms with Gasteiger partial charge in [0.2, 0.25) is 5.91 Å². The molecular weight excluding hydrogens is 224 g/mol. The van der Waals surface area contributed by atoms with Gasteiger partial charge in [0.05, 0.1) is 0 Å². The summed E-state index contributed by atoms with van der Waals surface area (Å²) in [5.41, 5.74) is 5.45. The van der Waals surface area contributed by atoms with E-state index in [9.17, 15) is 4.79 Å². The molecule has 3 heteroatoms. The van der Waals surface area contributed by atoms with E-state index in [0.29, 0.717) is 11.8 Å². The second-order valence-electron chi connectivity index (χ2n) is 6.51. The van der Waals surface area contributed by atoms with Gasteiger partial charge in [-0.25, -0.2) is 0 Å². The van der Waals surface area contributed by atoms with Crippen LogP contribution in [0.25, 0.3) is 0 Å².